The predicted molar refractivity (Wildman–Crippen MR) is 84.8 cm³/mol. The van der Waals surface area contributed by atoms with Gasteiger partial charge in [0.15, 0.2) is 11.5 Å². The molecule has 6 nitrogen and oxygen atoms in total. The third kappa shape index (κ3) is 3.42. The summed E-state index contributed by atoms with van der Waals surface area (Å²) in [6.07, 6.45) is -0.749. The van der Waals surface area contributed by atoms with Crippen molar-refractivity contribution < 1.29 is 19.4 Å². The summed E-state index contributed by atoms with van der Waals surface area (Å²) in [7, 11) is 0. The van der Waals surface area contributed by atoms with E-state index in [-0.39, 0.29) is 18.3 Å². The van der Waals surface area contributed by atoms with Crippen LogP contribution in [0.25, 0.3) is 0 Å². The van der Waals surface area contributed by atoms with Gasteiger partial charge >= 0.3 is 0 Å². The maximum Gasteiger partial charge on any atom is 0.284 e. The van der Waals surface area contributed by atoms with Crippen molar-refractivity contribution in [3.63, 3.8) is 0 Å². The molecule has 1 heterocycles. The number of amides is 1. The number of para-hydroxylation sites is 2. The van der Waals surface area contributed by atoms with Crippen LogP contribution in [-0.2, 0) is 4.79 Å². The SMILES string of the molecule is C/C(=N\NC(=O)C1COc2ccccc2O1)c1ccc(O)cc1. The molecule has 0 bridgehead atoms. The van der Waals surface area contributed by atoms with E-state index in [9.17, 15) is 9.90 Å². The number of hydrogen-bond acceptors (Lipinski definition) is 5. The van der Waals surface area contributed by atoms with Gasteiger partial charge in [-0.3, -0.25) is 4.79 Å². The molecule has 2 N–H and O–H groups in total. The molecule has 3 rings (SSSR count). The second-order valence-electron chi connectivity index (χ2n) is 5.08. The van der Waals surface area contributed by atoms with E-state index in [2.05, 4.69) is 10.5 Å². The second-order valence-corrected chi connectivity index (χ2v) is 5.08. The van der Waals surface area contributed by atoms with Gasteiger partial charge in [-0.2, -0.15) is 5.10 Å². The summed E-state index contributed by atoms with van der Waals surface area (Å²) in [5.41, 5.74) is 3.90. The summed E-state index contributed by atoms with van der Waals surface area (Å²) in [6, 6.07) is 13.8. The van der Waals surface area contributed by atoms with Gasteiger partial charge in [-0.15, -0.1) is 0 Å². The van der Waals surface area contributed by atoms with Gasteiger partial charge in [-0.05, 0) is 48.9 Å². The standard InChI is InChI=1S/C17H16N2O4/c1-11(12-6-8-13(20)9-7-12)18-19-17(21)16-10-22-14-4-2-3-5-15(14)23-16/h2-9,16,20H,10H2,1H3,(H,19,21)/b18-11+. The van der Waals surface area contributed by atoms with Crippen LogP contribution in [0.4, 0.5) is 0 Å². The van der Waals surface area contributed by atoms with Crippen LogP contribution in [0.1, 0.15) is 12.5 Å². The van der Waals surface area contributed by atoms with E-state index in [1.807, 2.05) is 12.1 Å². The first-order valence-electron chi connectivity index (χ1n) is 7.15. The molecule has 1 unspecified atom stereocenters. The first-order valence-corrected chi connectivity index (χ1v) is 7.15. The van der Waals surface area contributed by atoms with E-state index < -0.39 is 6.10 Å². The molecule has 0 saturated carbocycles. The van der Waals surface area contributed by atoms with Crippen molar-refractivity contribution in [3.8, 4) is 17.2 Å². The summed E-state index contributed by atoms with van der Waals surface area (Å²) in [4.78, 5) is 12.1. The molecule has 0 spiro atoms. The topological polar surface area (TPSA) is 80.2 Å². The minimum atomic E-state index is -0.749. The first-order chi connectivity index (χ1) is 11.1. The minimum absolute atomic E-state index is 0.136. The third-order valence-corrected chi connectivity index (χ3v) is 3.42. The fourth-order valence-corrected chi connectivity index (χ4v) is 2.13. The summed E-state index contributed by atoms with van der Waals surface area (Å²) >= 11 is 0. The molecule has 1 atom stereocenters. The molecule has 118 valence electrons. The van der Waals surface area contributed by atoms with Crippen LogP contribution >= 0.6 is 0 Å². The summed E-state index contributed by atoms with van der Waals surface area (Å²) < 4.78 is 11.1. The average Bonchev–Trinajstić information content (AvgIpc) is 2.59. The zero-order valence-corrected chi connectivity index (χ0v) is 12.5. The Morgan fingerprint density at radius 3 is 2.61 bits per heavy atom. The van der Waals surface area contributed by atoms with Crippen molar-refractivity contribution in [2.24, 2.45) is 5.10 Å². The highest BCUT2D eigenvalue weighted by Crippen LogP contribution is 2.30. The predicted octanol–water partition coefficient (Wildman–Crippen LogP) is 2.07. The lowest BCUT2D eigenvalue weighted by Crippen LogP contribution is -2.42. The molecule has 0 aliphatic carbocycles. The molecule has 1 amide bonds. The number of carbonyl (C=O) groups excluding carboxylic acids is 1. The van der Waals surface area contributed by atoms with Gasteiger partial charge in [0.05, 0.1) is 5.71 Å². The van der Waals surface area contributed by atoms with E-state index in [0.29, 0.717) is 17.2 Å². The molecule has 2 aromatic carbocycles. The van der Waals surface area contributed by atoms with Gasteiger partial charge in [0.25, 0.3) is 5.91 Å². The van der Waals surface area contributed by atoms with Crippen LogP contribution < -0.4 is 14.9 Å². The number of fused-ring (bicyclic) bond motifs is 1. The van der Waals surface area contributed by atoms with Crippen LogP contribution in [0, 0.1) is 0 Å². The van der Waals surface area contributed by atoms with Crippen molar-refractivity contribution >= 4 is 11.6 Å². The smallest absolute Gasteiger partial charge is 0.284 e. The number of aromatic hydroxyl groups is 1. The Bertz CT molecular complexity index is 741. The van der Waals surface area contributed by atoms with Gasteiger partial charge in [-0.1, -0.05) is 12.1 Å². The lowest BCUT2D eigenvalue weighted by Gasteiger charge is -2.24. The zero-order valence-electron chi connectivity index (χ0n) is 12.5. The highest BCUT2D eigenvalue weighted by Gasteiger charge is 2.27. The fourth-order valence-electron chi connectivity index (χ4n) is 2.13. The Labute approximate surface area is 133 Å². The minimum Gasteiger partial charge on any atom is -0.508 e. The average molecular weight is 312 g/mol. The Morgan fingerprint density at radius 1 is 1.17 bits per heavy atom. The first kappa shape index (κ1) is 14.9. The Hall–Kier alpha value is -3.02. The molecule has 0 saturated heterocycles. The Balaban J connectivity index is 1.63. The van der Waals surface area contributed by atoms with Crippen molar-refractivity contribution in [3.05, 3.63) is 54.1 Å². The van der Waals surface area contributed by atoms with Crippen LogP contribution in [0.3, 0.4) is 0 Å². The van der Waals surface area contributed by atoms with Gasteiger partial charge in [-0.25, -0.2) is 5.43 Å². The second kappa shape index (κ2) is 6.39. The molecule has 23 heavy (non-hydrogen) atoms. The highest BCUT2D eigenvalue weighted by molar-refractivity contribution is 5.99. The number of hydrogen-bond donors (Lipinski definition) is 2. The van der Waals surface area contributed by atoms with Gasteiger partial charge < -0.3 is 14.6 Å². The van der Waals surface area contributed by atoms with E-state index in [1.165, 1.54) is 0 Å². The molecule has 1 aliphatic rings. The molecular weight excluding hydrogens is 296 g/mol. The van der Waals surface area contributed by atoms with Crippen molar-refractivity contribution in [2.75, 3.05) is 6.61 Å². The molecule has 2 aromatic rings. The van der Waals surface area contributed by atoms with E-state index in [0.717, 1.165) is 5.56 Å². The number of nitrogens with zero attached hydrogens (tertiary/aromatic N) is 1. The summed E-state index contributed by atoms with van der Waals surface area (Å²) in [5, 5.41) is 13.3. The quantitative estimate of drug-likeness (QED) is 0.671. The van der Waals surface area contributed by atoms with Crippen molar-refractivity contribution in [1.29, 1.82) is 0 Å². The van der Waals surface area contributed by atoms with E-state index in [4.69, 9.17) is 9.47 Å². The molecule has 0 fully saturated rings. The summed E-state index contributed by atoms with van der Waals surface area (Å²) in [5.74, 6) is 0.966. The normalized spacial score (nSPS) is 16.7. The van der Waals surface area contributed by atoms with E-state index >= 15 is 0 Å². The number of rotatable bonds is 3. The maximum atomic E-state index is 12.1. The van der Waals surface area contributed by atoms with Crippen LogP contribution in [0.5, 0.6) is 17.2 Å². The molecule has 0 aromatic heterocycles. The number of phenolic OH excluding ortho intramolecular Hbond substituents is 1. The maximum absolute atomic E-state index is 12.1. The Morgan fingerprint density at radius 2 is 1.87 bits per heavy atom. The third-order valence-electron chi connectivity index (χ3n) is 3.42. The Kier molecular flexibility index (Phi) is 4.14. The van der Waals surface area contributed by atoms with Crippen LogP contribution in [-0.4, -0.2) is 29.4 Å². The zero-order chi connectivity index (χ0) is 16.2. The van der Waals surface area contributed by atoms with Crippen molar-refractivity contribution in [2.45, 2.75) is 13.0 Å². The number of phenols is 1. The summed E-state index contributed by atoms with van der Waals surface area (Å²) in [6.45, 7) is 1.90. The van der Waals surface area contributed by atoms with Crippen LogP contribution in [0.2, 0.25) is 0 Å². The van der Waals surface area contributed by atoms with Gasteiger partial charge in [0, 0.05) is 0 Å². The lowest BCUT2D eigenvalue weighted by atomic mass is 10.1. The molecule has 6 heteroatoms. The molecular formula is C17H16N2O4. The number of ether oxygens (including phenoxy) is 2. The molecule has 0 radical (unpaired) electrons. The number of nitrogens with one attached hydrogen (secondary N) is 1. The van der Waals surface area contributed by atoms with Crippen molar-refractivity contribution in [1.82, 2.24) is 5.43 Å². The number of benzene rings is 2. The van der Waals surface area contributed by atoms with E-state index in [1.54, 1.807) is 43.3 Å². The van der Waals surface area contributed by atoms with Gasteiger partial charge in [0.1, 0.15) is 12.4 Å². The highest BCUT2D eigenvalue weighted by atomic mass is 16.6. The van der Waals surface area contributed by atoms with Gasteiger partial charge in [0.2, 0.25) is 6.10 Å². The number of carbonyl (C=O) groups is 1. The fraction of sp³-hybridized carbons (Fsp3) is 0.176. The monoisotopic (exact) mass is 312 g/mol. The molecule has 1 aliphatic heterocycles. The lowest BCUT2D eigenvalue weighted by molar-refractivity contribution is -0.130. The largest absolute Gasteiger partial charge is 0.508 e. The van der Waals surface area contributed by atoms with Crippen LogP contribution in [0.15, 0.2) is 53.6 Å². The number of hydrazone groups is 1.